The van der Waals surface area contributed by atoms with Crippen molar-refractivity contribution in [2.45, 2.75) is 38.8 Å². The molecule has 1 saturated carbocycles. The number of aliphatic hydroxyl groups is 1. The lowest BCUT2D eigenvalue weighted by atomic mass is 10.1. The molecule has 1 aromatic rings. The molecule has 5 heteroatoms. The van der Waals surface area contributed by atoms with E-state index in [1.807, 2.05) is 30.0 Å². The van der Waals surface area contributed by atoms with Crippen molar-refractivity contribution in [3.8, 4) is 0 Å². The molecule has 18 heavy (non-hydrogen) atoms. The molecule has 1 atom stereocenters. The first kappa shape index (κ1) is 13.6. The monoisotopic (exact) mass is 271 g/mol. The summed E-state index contributed by atoms with van der Waals surface area (Å²) >= 11 is 0. The van der Waals surface area contributed by atoms with Crippen molar-refractivity contribution in [3.63, 3.8) is 0 Å². The van der Waals surface area contributed by atoms with Crippen LogP contribution in [0.15, 0.2) is 18.5 Å². The fourth-order valence-electron chi connectivity index (χ4n) is 2.12. The summed E-state index contributed by atoms with van der Waals surface area (Å²) in [6.45, 7) is 2.34. The topological polar surface area (TPSA) is 59.3 Å². The van der Waals surface area contributed by atoms with Gasteiger partial charge >= 0.3 is 0 Å². The Labute approximate surface area is 109 Å². The van der Waals surface area contributed by atoms with Crippen LogP contribution in [0, 0.1) is 5.92 Å². The van der Waals surface area contributed by atoms with E-state index in [-0.39, 0.29) is 17.6 Å². The highest BCUT2D eigenvalue weighted by atomic mass is 32.2. The maximum Gasteiger partial charge on any atom is 0.152 e. The minimum absolute atomic E-state index is 0.175. The highest BCUT2D eigenvalue weighted by molar-refractivity contribution is 7.91. The third-order valence-electron chi connectivity index (χ3n) is 3.36. The van der Waals surface area contributed by atoms with Gasteiger partial charge in [0.15, 0.2) is 9.84 Å². The van der Waals surface area contributed by atoms with Gasteiger partial charge in [0.2, 0.25) is 0 Å². The van der Waals surface area contributed by atoms with Gasteiger partial charge in [0.25, 0.3) is 0 Å². The summed E-state index contributed by atoms with van der Waals surface area (Å²) in [5.41, 5.74) is 0.908. The van der Waals surface area contributed by atoms with E-state index in [0.29, 0.717) is 18.9 Å². The molecule has 0 aliphatic heterocycles. The van der Waals surface area contributed by atoms with E-state index in [0.717, 1.165) is 18.4 Å². The Bertz CT molecular complexity index is 488. The predicted molar refractivity (Wildman–Crippen MR) is 71.1 cm³/mol. The zero-order valence-corrected chi connectivity index (χ0v) is 11.6. The van der Waals surface area contributed by atoms with Crippen molar-refractivity contribution in [3.05, 3.63) is 24.0 Å². The molecule has 0 saturated heterocycles. The lowest BCUT2D eigenvalue weighted by molar-refractivity contribution is 0.154. The number of sulfone groups is 1. The summed E-state index contributed by atoms with van der Waals surface area (Å²) in [6, 6.07) is 1.88. The van der Waals surface area contributed by atoms with Gasteiger partial charge in [-0.25, -0.2) is 8.42 Å². The van der Waals surface area contributed by atoms with Crippen molar-refractivity contribution >= 4 is 9.84 Å². The normalized spacial score (nSPS) is 17.9. The molecule has 2 rings (SSSR count). The van der Waals surface area contributed by atoms with E-state index < -0.39 is 9.84 Å². The quantitative estimate of drug-likeness (QED) is 0.822. The number of aliphatic hydroxyl groups excluding tert-OH is 1. The van der Waals surface area contributed by atoms with Crippen LogP contribution < -0.4 is 0 Å². The summed E-state index contributed by atoms with van der Waals surface area (Å²) in [4.78, 5) is 0. The second-order valence-electron chi connectivity index (χ2n) is 5.12. The molecule has 1 fully saturated rings. The van der Waals surface area contributed by atoms with Gasteiger partial charge in [-0.1, -0.05) is 6.92 Å². The molecule has 102 valence electrons. The zero-order chi connectivity index (χ0) is 13.2. The number of nitrogens with zero attached hydrogens (tertiary/aromatic N) is 1. The Balaban J connectivity index is 1.90. The summed E-state index contributed by atoms with van der Waals surface area (Å²) in [7, 11) is -2.93. The summed E-state index contributed by atoms with van der Waals surface area (Å²) in [5, 5.41) is 9.95. The van der Waals surface area contributed by atoms with Gasteiger partial charge in [-0.2, -0.15) is 0 Å². The molecule has 4 nitrogen and oxygen atoms in total. The van der Waals surface area contributed by atoms with Crippen molar-refractivity contribution in [1.82, 2.24) is 4.57 Å². The van der Waals surface area contributed by atoms with E-state index in [1.165, 1.54) is 0 Å². The largest absolute Gasteiger partial charge is 0.388 e. The number of rotatable bonds is 7. The van der Waals surface area contributed by atoms with Gasteiger partial charge in [-0.05, 0) is 36.8 Å². The lowest BCUT2D eigenvalue weighted by Crippen LogP contribution is -2.15. The summed E-state index contributed by atoms with van der Waals surface area (Å²) in [6.07, 6.45) is 6.19. The molecular weight excluding hydrogens is 250 g/mol. The average molecular weight is 271 g/mol. The minimum Gasteiger partial charge on any atom is -0.388 e. The molecule has 1 unspecified atom stereocenters. The van der Waals surface area contributed by atoms with E-state index in [1.54, 1.807) is 0 Å². The van der Waals surface area contributed by atoms with E-state index >= 15 is 0 Å². The fraction of sp³-hybridized carbons (Fsp3) is 0.692. The highest BCUT2D eigenvalue weighted by Crippen LogP contribution is 2.40. The maximum absolute atomic E-state index is 11.6. The van der Waals surface area contributed by atoms with Gasteiger partial charge in [0.1, 0.15) is 0 Å². The fourth-order valence-corrected chi connectivity index (χ4v) is 3.43. The molecule has 0 amide bonds. The molecular formula is C13H21NO3S. The summed E-state index contributed by atoms with van der Waals surface area (Å²) in [5.74, 6) is 0.838. The third kappa shape index (κ3) is 3.59. The Morgan fingerprint density at radius 1 is 1.44 bits per heavy atom. The Hall–Kier alpha value is -0.810. The molecule has 0 bridgehead atoms. The highest BCUT2D eigenvalue weighted by Gasteiger charge is 2.31. The number of hydrogen-bond acceptors (Lipinski definition) is 3. The first-order valence-electron chi connectivity index (χ1n) is 6.56. The van der Waals surface area contributed by atoms with Crippen molar-refractivity contribution in [2.75, 3.05) is 11.5 Å². The van der Waals surface area contributed by atoms with Crippen molar-refractivity contribution < 1.29 is 13.5 Å². The van der Waals surface area contributed by atoms with Crippen LogP contribution in [0.3, 0.4) is 0 Å². The van der Waals surface area contributed by atoms with E-state index in [2.05, 4.69) is 0 Å². The molecule has 0 radical (unpaired) electrons. The van der Waals surface area contributed by atoms with Gasteiger partial charge < -0.3 is 9.67 Å². The van der Waals surface area contributed by atoms with Gasteiger partial charge in [0, 0.05) is 24.7 Å². The molecule has 0 aromatic carbocycles. The molecule has 1 aliphatic rings. The van der Waals surface area contributed by atoms with Crippen molar-refractivity contribution in [1.29, 1.82) is 0 Å². The molecule has 1 N–H and O–H groups in total. The molecule has 1 aromatic heterocycles. The van der Waals surface area contributed by atoms with Gasteiger partial charge in [0.05, 0.1) is 11.9 Å². The van der Waals surface area contributed by atoms with Crippen LogP contribution in [0.1, 0.15) is 37.9 Å². The SMILES string of the molecule is CCCS(=O)(=O)CCn1ccc(C(O)C2CC2)c1. The standard InChI is InChI=1S/C13H21NO3S/c1-2-8-18(16,17)9-7-14-6-5-12(10-14)13(15)11-3-4-11/h5-6,10-11,13,15H,2-4,7-9H2,1H3. The van der Waals surface area contributed by atoms with Gasteiger partial charge in [-0.15, -0.1) is 0 Å². The van der Waals surface area contributed by atoms with Crippen molar-refractivity contribution in [2.24, 2.45) is 5.92 Å². The molecule has 1 heterocycles. The maximum atomic E-state index is 11.6. The lowest BCUT2D eigenvalue weighted by Gasteiger charge is -2.06. The first-order valence-corrected chi connectivity index (χ1v) is 8.38. The second kappa shape index (κ2) is 5.45. The smallest absolute Gasteiger partial charge is 0.152 e. The average Bonchev–Trinajstić information content (AvgIpc) is 3.04. The first-order chi connectivity index (χ1) is 8.52. The minimum atomic E-state index is -2.93. The number of aromatic nitrogens is 1. The number of aryl methyl sites for hydroxylation is 1. The third-order valence-corrected chi connectivity index (χ3v) is 5.19. The van der Waals surface area contributed by atoms with Crippen LogP contribution in [-0.2, 0) is 16.4 Å². The van der Waals surface area contributed by atoms with Crippen LogP contribution in [0.4, 0.5) is 0 Å². The van der Waals surface area contributed by atoms with Gasteiger partial charge in [-0.3, -0.25) is 0 Å². The molecule has 0 spiro atoms. The number of hydrogen-bond donors (Lipinski definition) is 1. The van der Waals surface area contributed by atoms with Crippen LogP contribution >= 0.6 is 0 Å². The Morgan fingerprint density at radius 2 is 2.17 bits per heavy atom. The Kier molecular flexibility index (Phi) is 4.12. The Morgan fingerprint density at radius 3 is 2.78 bits per heavy atom. The molecule has 1 aliphatic carbocycles. The van der Waals surface area contributed by atoms with E-state index in [4.69, 9.17) is 0 Å². The van der Waals surface area contributed by atoms with Crippen LogP contribution in [0.2, 0.25) is 0 Å². The predicted octanol–water partition coefficient (Wildman–Crippen LogP) is 1.76. The van der Waals surface area contributed by atoms with Crippen LogP contribution in [0.25, 0.3) is 0 Å². The van der Waals surface area contributed by atoms with E-state index in [9.17, 15) is 13.5 Å². The summed E-state index contributed by atoms with van der Waals surface area (Å²) < 4.78 is 25.1. The second-order valence-corrected chi connectivity index (χ2v) is 7.42. The van der Waals surface area contributed by atoms with Crippen LogP contribution in [0.5, 0.6) is 0 Å². The zero-order valence-electron chi connectivity index (χ0n) is 10.7. The van der Waals surface area contributed by atoms with Crippen LogP contribution in [-0.4, -0.2) is 29.6 Å².